The van der Waals surface area contributed by atoms with Crippen LogP contribution in [0.15, 0.2) is 120 Å². The van der Waals surface area contributed by atoms with Gasteiger partial charge in [0.25, 0.3) is 0 Å². The van der Waals surface area contributed by atoms with Crippen LogP contribution < -0.4 is 10.6 Å². The van der Waals surface area contributed by atoms with Crippen molar-refractivity contribution in [3.8, 4) is 0 Å². The van der Waals surface area contributed by atoms with Crippen molar-refractivity contribution in [2.75, 3.05) is 6.61 Å². The first-order chi connectivity index (χ1) is 17.3. The number of nitrogens with zero attached hydrogens (tertiary/aromatic N) is 2. The van der Waals surface area contributed by atoms with E-state index >= 15 is 0 Å². The van der Waals surface area contributed by atoms with Crippen LogP contribution in [0.25, 0.3) is 0 Å². The fourth-order valence-corrected chi connectivity index (χ4v) is 7.68. The number of aliphatic imine (C=N–C) groups is 1. The standard InChI is InChI=1S/C31H29N2OP/c1-4-12-24(13-5-1)20-27-23-34-31(32-27)30-21-25-14-10-11-15-26(25)22-33(30)35(28-16-6-2-7-17-28)29-18-8-3-9-19-29/h1-19,27,30H,20-23H2/t27-,30-/m1/s1. The molecular weight excluding hydrogens is 447 g/mol. The van der Waals surface area contributed by atoms with E-state index in [0.29, 0.717) is 6.61 Å². The highest BCUT2D eigenvalue weighted by atomic mass is 31.1. The highest BCUT2D eigenvalue weighted by Crippen LogP contribution is 2.45. The minimum Gasteiger partial charge on any atom is -0.478 e. The molecule has 0 radical (unpaired) electrons. The molecule has 0 saturated carbocycles. The first-order valence-corrected chi connectivity index (χ1v) is 13.6. The van der Waals surface area contributed by atoms with Gasteiger partial charge in [0.15, 0.2) is 0 Å². The third kappa shape index (κ3) is 4.80. The summed E-state index contributed by atoms with van der Waals surface area (Å²) in [6.45, 7) is 1.55. The second-order valence-electron chi connectivity index (χ2n) is 9.19. The molecule has 0 spiro atoms. The molecule has 0 N–H and O–H groups in total. The molecule has 2 aliphatic rings. The second kappa shape index (κ2) is 10.2. The SMILES string of the molecule is c1ccc(C[C@@H]2COC([C@H]3Cc4ccccc4CN3P(c3ccccc3)c3ccccc3)=N2)cc1. The average Bonchev–Trinajstić information content (AvgIpc) is 3.38. The Morgan fingerprint density at radius 1 is 0.714 bits per heavy atom. The lowest BCUT2D eigenvalue weighted by Crippen LogP contribution is -2.45. The van der Waals surface area contributed by atoms with Gasteiger partial charge in [-0.3, -0.25) is 4.67 Å². The van der Waals surface area contributed by atoms with E-state index in [0.717, 1.165) is 25.3 Å². The molecule has 4 aromatic rings. The van der Waals surface area contributed by atoms with Crippen LogP contribution in [-0.2, 0) is 24.1 Å². The number of hydrogen-bond donors (Lipinski definition) is 0. The third-order valence-electron chi connectivity index (χ3n) is 6.81. The monoisotopic (exact) mass is 476 g/mol. The maximum Gasteiger partial charge on any atom is 0.202 e. The normalized spacial score (nSPS) is 19.7. The third-order valence-corrected chi connectivity index (χ3v) is 9.32. The van der Waals surface area contributed by atoms with E-state index in [1.54, 1.807) is 0 Å². The Labute approximate surface area is 208 Å². The van der Waals surface area contributed by atoms with Crippen LogP contribution in [0, 0.1) is 0 Å². The molecule has 4 heteroatoms. The fraction of sp³-hybridized carbons (Fsp3) is 0.194. The molecule has 35 heavy (non-hydrogen) atoms. The van der Waals surface area contributed by atoms with Gasteiger partial charge in [0, 0.05) is 14.6 Å². The molecule has 2 aliphatic heterocycles. The Hall–Kier alpha value is -3.26. The topological polar surface area (TPSA) is 24.8 Å². The van der Waals surface area contributed by atoms with Crippen molar-refractivity contribution in [2.24, 2.45) is 4.99 Å². The zero-order chi connectivity index (χ0) is 23.5. The zero-order valence-corrected chi connectivity index (χ0v) is 20.6. The van der Waals surface area contributed by atoms with Crippen molar-refractivity contribution < 1.29 is 4.74 Å². The highest BCUT2D eigenvalue weighted by Gasteiger charge is 2.39. The van der Waals surface area contributed by atoms with Crippen LogP contribution in [0.3, 0.4) is 0 Å². The number of ether oxygens (including phenoxy) is 1. The van der Waals surface area contributed by atoms with Crippen LogP contribution in [0.5, 0.6) is 0 Å². The van der Waals surface area contributed by atoms with Gasteiger partial charge in [-0.25, -0.2) is 4.99 Å². The largest absolute Gasteiger partial charge is 0.478 e. The summed E-state index contributed by atoms with van der Waals surface area (Å²) in [5.74, 6) is 0.903. The minimum absolute atomic E-state index is 0.122. The summed E-state index contributed by atoms with van der Waals surface area (Å²) in [4.78, 5) is 5.16. The van der Waals surface area contributed by atoms with Crippen molar-refractivity contribution >= 4 is 24.6 Å². The van der Waals surface area contributed by atoms with Crippen molar-refractivity contribution in [1.82, 2.24) is 4.67 Å². The van der Waals surface area contributed by atoms with Gasteiger partial charge in [0.1, 0.15) is 6.61 Å². The summed E-state index contributed by atoms with van der Waals surface area (Å²) < 4.78 is 9.02. The Kier molecular flexibility index (Phi) is 6.45. The molecule has 0 saturated heterocycles. The average molecular weight is 477 g/mol. The molecule has 2 heterocycles. The van der Waals surface area contributed by atoms with Crippen molar-refractivity contribution in [3.05, 3.63) is 132 Å². The van der Waals surface area contributed by atoms with Gasteiger partial charge in [-0.2, -0.15) is 0 Å². The number of hydrogen-bond acceptors (Lipinski definition) is 3. The molecule has 0 amide bonds. The van der Waals surface area contributed by atoms with Crippen molar-refractivity contribution in [1.29, 1.82) is 0 Å². The molecule has 6 rings (SSSR count). The van der Waals surface area contributed by atoms with Gasteiger partial charge in [-0.1, -0.05) is 115 Å². The van der Waals surface area contributed by atoms with E-state index < -0.39 is 8.07 Å². The van der Waals surface area contributed by atoms with E-state index in [-0.39, 0.29) is 12.1 Å². The van der Waals surface area contributed by atoms with E-state index in [2.05, 4.69) is 120 Å². The van der Waals surface area contributed by atoms with Gasteiger partial charge >= 0.3 is 0 Å². The molecule has 4 aromatic carbocycles. The van der Waals surface area contributed by atoms with E-state index in [1.165, 1.54) is 27.3 Å². The summed E-state index contributed by atoms with van der Waals surface area (Å²) in [5, 5.41) is 2.72. The van der Waals surface area contributed by atoms with Crippen LogP contribution >= 0.6 is 8.07 Å². The Morgan fingerprint density at radius 2 is 1.29 bits per heavy atom. The van der Waals surface area contributed by atoms with E-state index in [1.807, 2.05) is 0 Å². The van der Waals surface area contributed by atoms with Crippen molar-refractivity contribution in [3.63, 3.8) is 0 Å². The molecule has 2 atom stereocenters. The van der Waals surface area contributed by atoms with Crippen LogP contribution in [0.4, 0.5) is 0 Å². The number of fused-ring (bicyclic) bond motifs is 1. The van der Waals surface area contributed by atoms with Gasteiger partial charge in [-0.05, 0) is 40.1 Å². The fourth-order valence-electron chi connectivity index (χ4n) is 5.13. The smallest absolute Gasteiger partial charge is 0.202 e. The van der Waals surface area contributed by atoms with Crippen LogP contribution in [0.1, 0.15) is 16.7 Å². The number of rotatable bonds is 6. The summed E-state index contributed by atoms with van der Waals surface area (Å²) in [5.41, 5.74) is 4.12. The lowest BCUT2D eigenvalue weighted by Gasteiger charge is -2.41. The van der Waals surface area contributed by atoms with E-state index in [9.17, 15) is 0 Å². The lowest BCUT2D eigenvalue weighted by atomic mass is 9.96. The minimum atomic E-state index is -0.739. The highest BCUT2D eigenvalue weighted by molar-refractivity contribution is 7.70. The number of benzene rings is 4. The molecule has 0 fully saturated rings. The molecule has 0 aromatic heterocycles. The lowest BCUT2D eigenvalue weighted by molar-refractivity contribution is 0.271. The van der Waals surface area contributed by atoms with Crippen LogP contribution in [-0.4, -0.2) is 29.3 Å². The molecule has 3 nitrogen and oxygen atoms in total. The molecule has 0 bridgehead atoms. The summed E-state index contributed by atoms with van der Waals surface area (Å²) in [6.07, 6.45) is 1.84. The summed E-state index contributed by atoms with van der Waals surface area (Å²) >= 11 is 0. The Bertz CT molecular complexity index is 1250. The first-order valence-electron chi connectivity index (χ1n) is 12.3. The van der Waals surface area contributed by atoms with Gasteiger partial charge in [0.05, 0.1) is 12.1 Å². The maximum atomic E-state index is 6.36. The Morgan fingerprint density at radius 3 is 1.94 bits per heavy atom. The maximum absolute atomic E-state index is 6.36. The van der Waals surface area contributed by atoms with Gasteiger partial charge < -0.3 is 4.74 Å². The zero-order valence-electron chi connectivity index (χ0n) is 19.7. The molecule has 174 valence electrons. The predicted molar refractivity (Wildman–Crippen MR) is 146 cm³/mol. The second-order valence-corrected chi connectivity index (χ2v) is 11.4. The molecule has 0 aliphatic carbocycles. The quantitative estimate of drug-likeness (QED) is 0.343. The van der Waals surface area contributed by atoms with Gasteiger partial charge in [-0.15, -0.1) is 0 Å². The summed E-state index contributed by atoms with van der Waals surface area (Å²) in [6, 6.07) is 41.7. The predicted octanol–water partition coefficient (Wildman–Crippen LogP) is 5.50. The van der Waals surface area contributed by atoms with Crippen LogP contribution in [0.2, 0.25) is 0 Å². The first kappa shape index (κ1) is 22.2. The Balaban J connectivity index is 1.39. The van der Waals surface area contributed by atoms with Crippen molar-refractivity contribution in [2.45, 2.75) is 31.5 Å². The van der Waals surface area contributed by atoms with E-state index in [4.69, 9.17) is 9.73 Å². The molecule has 0 unspecified atom stereocenters. The molecular formula is C31H29N2OP. The van der Waals surface area contributed by atoms with Gasteiger partial charge in [0.2, 0.25) is 5.90 Å². The summed E-state index contributed by atoms with van der Waals surface area (Å²) in [7, 11) is -0.739.